The monoisotopic (exact) mass is 333 g/mol. The highest BCUT2D eigenvalue weighted by atomic mass is 79.9. The van der Waals surface area contributed by atoms with E-state index in [1.807, 2.05) is 0 Å². The van der Waals surface area contributed by atoms with Gasteiger partial charge in [0.2, 0.25) is 5.91 Å². The van der Waals surface area contributed by atoms with Crippen molar-refractivity contribution >= 4 is 27.5 Å². The Balaban J connectivity index is 1.57. The molecule has 1 aliphatic heterocycles. The summed E-state index contributed by atoms with van der Waals surface area (Å²) in [6, 6.07) is 6.60. The minimum atomic E-state index is 0.156. The first kappa shape index (κ1) is 12.9. The summed E-state index contributed by atoms with van der Waals surface area (Å²) >= 11 is 3.94. The van der Waals surface area contributed by atoms with Gasteiger partial charge < -0.3 is 5.32 Å². The maximum Gasteiger partial charge on any atom is 0.224 e. The van der Waals surface area contributed by atoms with Gasteiger partial charge in [0.15, 0.2) is 0 Å². The third-order valence-electron chi connectivity index (χ3n) is 5.38. The van der Waals surface area contributed by atoms with Crippen molar-refractivity contribution in [2.24, 2.45) is 17.8 Å². The number of nitrogens with one attached hydrogen (secondary N) is 1. The van der Waals surface area contributed by atoms with Crippen LogP contribution in [0.15, 0.2) is 18.2 Å². The van der Waals surface area contributed by atoms with Crippen molar-refractivity contribution in [3.63, 3.8) is 0 Å². The first-order valence-electron chi connectivity index (χ1n) is 7.81. The molecule has 2 fully saturated rings. The van der Waals surface area contributed by atoms with Crippen LogP contribution in [-0.4, -0.2) is 5.91 Å². The number of fused-ring (bicyclic) bond motifs is 2. The van der Waals surface area contributed by atoms with Gasteiger partial charge in [-0.3, -0.25) is 4.79 Å². The molecule has 1 N–H and O–H groups in total. The van der Waals surface area contributed by atoms with Gasteiger partial charge in [0.1, 0.15) is 0 Å². The van der Waals surface area contributed by atoms with E-state index in [1.54, 1.807) is 0 Å². The number of hydrogen-bond acceptors (Lipinski definition) is 1. The van der Waals surface area contributed by atoms with Crippen LogP contribution in [0.2, 0.25) is 0 Å². The molecule has 1 aromatic rings. The molecule has 2 aliphatic carbocycles. The average molecular weight is 334 g/mol. The maximum absolute atomic E-state index is 11.6. The standard InChI is InChI=1S/C17H20BrNO/c18-17(16-12-4-2-5-13(12)16)11-7-8-14-10(9-11)3-1-6-15(20)19-14/h7-9,12-13,16-17H,1-6H2,(H,19,20). The minimum Gasteiger partial charge on any atom is -0.326 e. The van der Waals surface area contributed by atoms with Crippen molar-refractivity contribution in [3.05, 3.63) is 29.3 Å². The van der Waals surface area contributed by atoms with Gasteiger partial charge in [-0.05, 0) is 60.6 Å². The number of aryl methyl sites for hydroxylation is 1. The quantitative estimate of drug-likeness (QED) is 0.796. The van der Waals surface area contributed by atoms with E-state index >= 15 is 0 Å². The summed E-state index contributed by atoms with van der Waals surface area (Å²) in [6.45, 7) is 0. The van der Waals surface area contributed by atoms with Gasteiger partial charge >= 0.3 is 0 Å². The number of halogens is 1. The highest BCUT2D eigenvalue weighted by Gasteiger charge is 2.55. The third-order valence-corrected chi connectivity index (χ3v) is 6.52. The number of benzene rings is 1. The summed E-state index contributed by atoms with van der Waals surface area (Å²) in [5.41, 5.74) is 3.73. The molecule has 0 radical (unpaired) electrons. The number of carbonyl (C=O) groups excluding carboxylic acids is 1. The molecular weight excluding hydrogens is 314 g/mol. The zero-order chi connectivity index (χ0) is 13.7. The largest absolute Gasteiger partial charge is 0.326 e. The van der Waals surface area contributed by atoms with Crippen LogP contribution in [0.25, 0.3) is 0 Å². The summed E-state index contributed by atoms with van der Waals surface area (Å²) < 4.78 is 0. The zero-order valence-corrected chi connectivity index (χ0v) is 13.2. The van der Waals surface area contributed by atoms with Gasteiger partial charge in [-0.25, -0.2) is 0 Å². The molecule has 0 saturated heterocycles. The molecule has 0 bridgehead atoms. The van der Waals surface area contributed by atoms with E-state index in [-0.39, 0.29) is 5.91 Å². The molecule has 4 rings (SSSR count). The molecule has 3 aliphatic rings. The second-order valence-corrected chi connectivity index (χ2v) is 7.54. The Morgan fingerprint density at radius 3 is 2.75 bits per heavy atom. The van der Waals surface area contributed by atoms with Crippen LogP contribution in [0, 0.1) is 17.8 Å². The number of hydrogen-bond donors (Lipinski definition) is 1. The lowest BCUT2D eigenvalue weighted by Crippen LogP contribution is -2.09. The fourth-order valence-corrected chi connectivity index (χ4v) is 5.37. The van der Waals surface area contributed by atoms with Crippen molar-refractivity contribution in [1.29, 1.82) is 0 Å². The molecule has 106 valence electrons. The molecule has 3 atom stereocenters. The SMILES string of the molecule is O=C1CCCc2cc(C(Br)C3C4CCCC43)ccc2N1. The Bertz CT molecular complexity index is 546. The summed E-state index contributed by atoms with van der Waals surface area (Å²) in [5, 5.41) is 3.02. The molecule has 2 saturated carbocycles. The molecule has 0 aromatic heterocycles. The molecule has 1 heterocycles. The van der Waals surface area contributed by atoms with Crippen LogP contribution < -0.4 is 5.32 Å². The third kappa shape index (κ3) is 2.11. The van der Waals surface area contributed by atoms with Crippen LogP contribution in [0.4, 0.5) is 5.69 Å². The molecule has 2 nitrogen and oxygen atoms in total. The van der Waals surface area contributed by atoms with Crippen LogP contribution in [0.1, 0.15) is 48.1 Å². The Morgan fingerprint density at radius 1 is 1.15 bits per heavy atom. The molecule has 3 heteroatoms. The highest BCUT2D eigenvalue weighted by molar-refractivity contribution is 9.09. The summed E-state index contributed by atoms with van der Waals surface area (Å²) in [4.78, 5) is 12.1. The van der Waals surface area contributed by atoms with Gasteiger partial charge in [-0.15, -0.1) is 0 Å². The van der Waals surface area contributed by atoms with Gasteiger partial charge in [0.05, 0.1) is 0 Å². The zero-order valence-electron chi connectivity index (χ0n) is 11.6. The Hall–Kier alpha value is -0.830. The Labute approximate surface area is 128 Å². The number of anilines is 1. The van der Waals surface area contributed by atoms with E-state index in [0.717, 1.165) is 36.3 Å². The molecule has 20 heavy (non-hydrogen) atoms. The summed E-state index contributed by atoms with van der Waals surface area (Å²) in [6.07, 6.45) is 6.91. The van der Waals surface area contributed by atoms with Crippen molar-refractivity contribution in [2.45, 2.75) is 43.4 Å². The average Bonchev–Trinajstić information content (AvgIpc) is 3.00. The normalized spacial score (nSPS) is 32.9. The molecular formula is C17H20BrNO. The van der Waals surface area contributed by atoms with E-state index in [2.05, 4.69) is 39.4 Å². The number of alkyl halides is 1. The van der Waals surface area contributed by atoms with E-state index in [0.29, 0.717) is 11.2 Å². The number of rotatable bonds is 2. The van der Waals surface area contributed by atoms with Crippen molar-refractivity contribution < 1.29 is 4.79 Å². The van der Waals surface area contributed by atoms with Gasteiger partial charge in [0, 0.05) is 16.9 Å². The van der Waals surface area contributed by atoms with Crippen LogP contribution in [-0.2, 0) is 11.2 Å². The Morgan fingerprint density at radius 2 is 1.95 bits per heavy atom. The maximum atomic E-state index is 11.6. The molecule has 1 aromatic carbocycles. The fraction of sp³-hybridized carbons (Fsp3) is 0.588. The van der Waals surface area contributed by atoms with E-state index < -0.39 is 0 Å². The second-order valence-electron chi connectivity index (χ2n) is 6.56. The lowest BCUT2D eigenvalue weighted by Gasteiger charge is -2.15. The number of amides is 1. The van der Waals surface area contributed by atoms with Crippen LogP contribution >= 0.6 is 15.9 Å². The van der Waals surface area contributed by atoms with E-state index in [1.165, 1.54) is 30.4 Å². The first-order valence-corrected chi connectivity index (χ1v) is 8.72. The Kier molecular flexibility index (Phi) is 3.13. The fourth-order valence-electron chi connectivity index (χ4n) is 4.30. The summed E-state index contributed by atoms with van der Waals surface area (Å²) in [5.74, 6) is 2.95. The van der Waals surface area contributed by atoms with Crippen molar-refractivity contribution in [3.8, 4) is 0 Å². The van der Waals surface area contributed by atoms with Crippen molar-refractivity contribution in [1.82, 2.24) is 0 Å². The lowest BCUT2D eigenvalue weighted by atomic mass is 9.98. The van der Waals surface area contributed by atoms with Gasteiger partial charge in [0.25, 0.3) is 0 Å². The topological polar surface area (TPSA) is 29.1 Å². The van der Waals surface area contributed by atoms with E-state index in [4.69, 9.17) is 0 Å². The van der Waals surface area contributed by atoms with Crippen molar-refractivity contribution in [2.75, 3.05) is 5.32 Å². The van der Waals surface area contributed by atoms with Gasteiger partial charge in [-0.2, -0.15) is 0 Å². The predicted octanol–water partition coefficient (Wildman–Crippen LogP) is 4.44. The molecule has 1 amide bonds. The van der Waals surface area contributed by atoms with Crippen LogP contribution in [0.5, 0.6) is 0 Å². The second kappa shape index (κ2) is 4.87. The number of carbonyl (C=O) groups is 1. The molecule has 3 unspecified atom stereocenters. The van der Waals surface area contributed by atoms with Gasteiger partial charge in [-0.1, -0.05) is 34.5 Å². The summed E-state index contributed by atoms with van der Waals surface area (Å²) in [7, 11) is 0. The van der Waals surface area contributed by atoms with Crippen LogP contribution in [0.3, 0.4) is 0 Å². The first-order chi connectivity index (χ1) is 9.74. The van der Waals surface area contributed by atoms with E-state index in [9.17, 15) is 4.79 Å². The minimum absolute atomic E-state index is 0.156. The highest BCUT2D eigenvalue weighted by Crippen LogP contribution is 2.64. The predicted molar refractivity (Wildman–Crippen MR) is 84.0 cm³/mol. The molecule has 0 spiro atoms. The smallest absolute Gasteiger partial charge is 0.224 e. The lowest BCUT2D eigenvalue weighted by molar-refractivity contribution is -0.116.